The minimum absolute atomic E-state index is 0.0575. The van der Waals surface area contributed by atoms with Crippen molar-refractivity contribution in [3.63, 3.8) is 0 Å². The van der Waals surface area contributed by atoms with Gasteiger partial charge in [-0.3, -0.25) is 4.90 Å². The molecule has 0 aliphatic carbocycles. The molecule has 3 rings (SSSR count). The number of rotatable bonds is 14. The molecular formula is C30H38N2O6S. The zero-order chi connectivity index (χ0) is 28.4. The van der Waals surface area contributed by atoms with Crippen molar-refractivity contribution in [3.05, 3.63) is 96.1 Å². The Bertz CT molecular complexity index is 1270. The zero-order valence-corrected chi connectivity index (χ0v) is 23.5. The van der Waals surface area contributed by atoms with Crippen LogP contribution in [0.25, 0.3) is 0 Å². The van der Waals surface area contributed by atoms with Gasteiger partial charge in [0.2, 0.25) is 10.0 Å². The van der Waals surface area contributed by atoms with Gasteiger partial charge < -0.3 is 14.9 Å². The van der Waals surface area contributed by atoms with Gasteiger partial charge in [0.25, 0.3) is 0 Å². The summed E-state index contributed by atoms with van der Waals surface area (Å²) in [7, 11) is -2.47. The SMILES string of the molecule is COc1ccc(S(=O)(=O)N(CCC(C)C)C[C@@H](O)[C@H](Cc2ccccc2)N(Cc2ccccc2)C(=O)O)cc1. The van der Waals surface area contributed by atoms with Crippen LogP contribution in [0.2, 0.25) is 0 Å². The van der Waals surface area contributed by atoms with Crippen LogP contribution >= 0.6 is 0 Å². The van der Waals surface area contributed by atoms with Crippen LogP contribution in [0.15, 0.2) is 89.8 Å². The van der Waals surface area contributed by atoms with Crippen LogP contribution in [0, 0.1) is 5.92 Å². The maximum absolute atomic E-state index is 13.7. The lowest BCUT2D eigenvalue weighted by Crippen LogP contribution is -2.52. The molecule has 0 fully saturated rings. The second kappa shape index (κ2) is 14.1. The van der Waals surface area contributed by atoms with Crippen molar-refractivity contribution < 1.29 is 28.2 Å². The molecule has 0 aliphatic heterocycles. The molecule has 0 bridgehead atoms. The summed E-state index contributed by atoms with van der Waals surface area (Å²) < 4.78 is 33.8. The number of aliphatic hydroxyl groups excluding tert-OH is 1. The van der Waals surface area contributed by atoms with Crippen LogP contribution in [0.1, 0.15) is 31.4 Å². The van der Waals surface area contributed by atoms with Gasteiger partial charge >= 0.3 is 6.09 Å². The third-order valence-electron chi connectivity index (χ3n) is 6.62. The molecule has 3 aromatic rings. The number of sulfonamides is 1. The van der Waals surface area contributed by atoms with Crippen molar-refractivity contribution in [2.45, 2.75) is 50.3 Å². The Morgan fingerprint density at radius 3 is 1.97 bits per heavy atom. The number of carbonyl (C=O) groups is 1. The van der Waals surface area contributed by atoms with Crippen LogP contribution in [0.5, 0.6) is 5.75 Å². The summed E-state index contributed by atoms with van der Waals surface area (Å²) in [6.45, 7) is 3.99. The number of hydrogen-bond donors (Lipinski definition) is 2. The lowest BCUT2D eigenvalue weighted by molar-refractivity contribution is 0.0343. The Balaban J connectivity index is 1.96. The summed E-state index contributed by atoms with van der Waals surface area (Å²) in [6, 6.07) is 23.7. The quantitative estimate of drug-likeness (QED) is 0.294. The fourth-order valence-corrected chi connectivity index (χ4v) is 5.83. The Morgan fingerprint density at radius 1 is 0.897 bits per heavy atom. The molecule has 9 heteroatoms. The van der Waals surface area contributed by atoms with Crippen LogP contribution in [-0.4, -0.2) is 66.3 Å². The maximum Gasteiger partial charge on any atom is 0.407 e. The van der Waals surface area contributed by atoms with E-state index in [1.54, 1.807) is 12.1 Å². The van der Waals surface area contributed by atoms with Gasteiger partial charge in [-0.15, -0.1) is 0 Å². The van der Waals surface area contributed by atoms with Crippen LogP contribution < -0.4 is 4.74 Å². The number of amides is 1. The highest BCUT2D eigenvalue weighted by molar-refractivity contribution is 7.89. The van der Waals surface area contributed by atoms with E-state index in [4.69, 9.17) is 4.74 Å². The van der Waals surface area contributed by atoms with Crippen molar-refractivity contribution in [1.29, 1.82) is 0 Å². The largest absolute Gasteiger partial charge is 0.497 e. The third kappa shape index (κ3) is 8.54. The van der Waals surface area contributed by atoms with E-state index in [0.29, 0.717) is 12.2 Å². The maximum atomic E-state index is 13.7. The van der Waals surface area contributed by atoms with E-state index in [-0.39, 0.29) is 36.9 Å². The number of ether oxygens (including phenoxy) is 1. The van der Waals surface area contributed by atoms with Crippen LogP contribution in [0.3, 0.4) is 0 Å². The summed E-state index contributed by atoms with van der Waals surface area (Å²) >= 11 is 0. The molecule has 0 saturated carbocycles. The van der Waals surface area contributed by atoms with Crippen molar-refractivity contribution in [3.8, 4) is 5.75 Å². The third-order valence-corrected chi connectivity index (χ3v) is 8.50. The average molecular weight is 555 g/mol. The van der Waals surface area contributed by atoms with Crippen molar-refractivity contribution in [2.75, 3.05) is 20.2 Å². The topological polar surface area (TPSA) is 107 Å². The second-order valence-corrected chi connectivity index (χ2v) is 11.9. The van der Waals surface area contributed by atoms with Crippen LogP contribution in [-0.2, 0) is 23.0 Å². The van der Waals surface area contributed by atoms with Gasteiger partial charge in [-0.2, -0.15) is 4.31 Å². The molecule has 0 aromatic heterocycles. The van der Waals surface area contributed by atoms with E-state index in [9.17, 15) is 23.4 Å². The van der Waals surface area contributed by atoms with Gasteiger partial charge in [-0.05, 0) is 54.2 Å². The second-order valence-electron chi connectivity index (χ2n) is 9.94. The highest BCUT2D eigenvalue weighted by atomic mass is 32.2. The molecule has 0 saturated heterocycles. The predicted molar refractivity (Wildman–Crippen MR) is 151 cm³/mol. The minimum Gasteiger partial charge on any atom is -0.497 e. The average Bonchev–Trinajstić information content (AvgIpc) is 2.93. The highest BCUT2D eigenvalue weighted by Crippen LogP contribution is 2.23. The number of nitrogens with zero attached hydrogens (tertiary/aromatic N) is 2. The predicted octanol–water partition coefficient (Wildman–Crippen LogP) is 4.88. The smallest absolute Gasteiger partial charge is 0.407 e. The van der Waals surface area contributed by atoms with E-state index >= 15 is 0 Å². The summed E-state index contributed by atoms with van der Waals surface area (Å²) in [4.78, 5) is 13.8. The first kappa shape index (κ1) is 30.1. The van der Waals surface area contributed by atoms with E-state index in [1.807, 2.05) is 74.5 Å². The molecule has 3 aromatic carbocycles. The molecular weight excluding hydrogens is 516 g/mol. The standard InChI is InChI=1S/C30H38N2O6S/c1-23(2)18-19-31(39(36,37)27-16-14-26(38-3)15-17-27)22-29(33)28(20-24-10-6-4-7-11-24)32(30(34)35)21-25-12-8-5-9-13-25/h4-17,23,28-29,33H,18-22H2,1-3H3,(H,34,35)/t28-,29+/m0/s1. The van der Waals surface area contributed by atoms with Crippen molar-refractivity contribution in [1.82, 2.24) is 9.21 Å². The van der Waals surface area contributed by atoms with Gasteiger partial charge in [0.15, 0.2) is 0 Å². The minimum atomic E-state index is -3.98. The Labute approximate surface area is 231 Å². The Kier molecular flexibility index (Phi) is 10.9. The summed E-state index contributed by atoms with van der Waals surface area (Å²) in [5.74, 6) is 0.757. The molecule has 0 aliphatic rings. The van der Waals surface area contributed by atoms with Gasteiger partial charge in [-0.1, -0.05) is 74.5 Å². The molecule has 0 spiro atoms. The fraction of sp³-hybridized carbons (Fsp3) is 0.367. The number of benzene rings is 3. The van der Waals surface area contributed by atoms with E-state index in [1.165, 1.54) is 28.4 Å². The molecule has 1 amide bonds. The highest BCUT2D eigenvalue weighted by Gasteiger charge is 2.34. The zero-order valence-electron chi connectivity index (χ0n) is 22.7. The summed E-state index contributed by atoms with van der Waals surface area (Å²) in [5, 5.41) is 21.8. The van der Waals surface area contributed by atoms with E-state index < -0.39 is 28.3 Å². The fourth-order valence-electron chi connectivity index (χ4n) is 4.36. The van der Waals surface area contributed by atoms with Gasteiger partial charge in [0.05, 0.1) is 24.2 Å². The molecule has 0 radical (unpaired) electrons. The first-order chi connectivity index (χ1) is 18.6. The monoisotopic (exact) mass is 554 g/mol. The van der Waals surface area contributed by atoms with E-state index in [2.05, 4.69) is 0 Å². The van der Waals surface area contributed by atoms with Crippen molar-refractivity contribution in [2.24, 2.45) is 5.92 Å². The molecule has 2 atom stereocenters. The van der Waals surface area contributed by atoms with Gasteiger partial charge in [0, 0.05) is 19.6 Å². The van der Waals surface area contributed by atoms with E-state index in [0.717, 1.165) is 11.1 Å². The molecule has 0 unspecified atom stereocenters. The number of hydrogen-bond acceptors (Lipinski definition) is 5. The number of methoxy groups -OCH3 is 1. The molecule has 2 N–H and O–H groups in total. The first-order valence-corrected chi connectivity index (χ1v) is 14.5. The van der Waals surface area contributed by atoms with Gasteiger partial charge in [0.1, 0.15) is 5.75 Å². The summed E-state index contributed by atoms with van der Waals surface area (Å²) in [5.41, 5.74) is 1.61. The molecule has 0 heterocycles. The first-order valence-electron chi connectivity index (χ1n) is 13.0. The van der Waals surface area contributed by atoms with Gasteiger partial charge in [-0.25, -0.2) is 13.2 Å². The number of aliphatic hydroxyl groups is 1. The Hall–Kier alpha value is -3.40. The molecule has 210 valence electrons. The summed E-state index contributed by atoms with van der Waals surface area (Å²) in [6.07, 6.45) is -1.67. The Morgan fingerprint density at radius 2 is 1.46 bits per heavy atom. The molecule has 8 nitrogen and oxygen atoms in total. The van der Waals surface area contributed by atoms with Crippen molar-refractivity contribution >= 4 is 16.1 Å². The number of carboxylic acid groups (broad SMARTS) is 1. The lowest BCUT2D eigenvalue weighted by Gasteiger charge is -2.35. The molecule has 39 heavy (non-hydrogen) atoms. The van der Waals surface area contributed by atoms with Crippen LogP contribution in [0.4, 0.5) is 4.79 Å². The lowest BCUT2D eigenvalue weighted by atomic mass is 9.99. The normalized spacial score (nSPS) is 13.3.